The molecule has 5 nitrogen and oxygen atoms in total. The number of furan rings is 1. The van der Waals surface area contributed by atoms with Crippen LogP contribution in [0.2, 0.25) is 0 Å². The zero-order chi connectivity index (χ0) is 18.1. The van der Waals surface area contributed by atoms with Crippen molar-refractivity contribution in [1.29, 1.82) is 0 Å². The molecule has 3 heterocycles. The van der Waals surface area contributed by atoms with Gasteiger partial charge in [0.1, 0.15) is 11.5 Å². The van der Waals surface area contributed by atoms with Gasteiger partial charge in [0.15, 0.2) is 0 Å². The van der Waals surface area contributed by atoms with Gasteiger partial charge in [0, 0.05) is 31.7 Å². The summed E-state index contributed by atoms with van der Waals surface area (Å²) in [6.45, 7) is 9.44. The van der Waals surface area contributed by atoms with E-state index in [1.54, 1.807) is 0 Å². The molecule has 1 aromatic rings. The van der Waals surface area contributed by atoms with Crippen LogP contribution < -0.4 is 5.32 Å². The Balaban J connectivity index is 1.25. The normalized spacial score (nSPS) is 26.2. The zero-order valence-electron chi connectivity index (χ0n) is 16.3. The lowest BCUT2D eigenvalue weighted by atomic mass is 9.93. The quantitative estimate of drug-likeness (QED) is 0.878. The Labute approximate surface area is 157 Å². The van der Waals surface area contributed by atoms with Crippen molar-refractivity contribution in [3.05, 3.63) is 23.2 Å². The highest BCUT2D eigenvalue weighted by atomic mass is 16.3. The fourth-order valence-corrected chi connectivity index (χ4v) is 4.49. The molecule has 0 unspecified atom stereocenters. The second-order valence-electron chi connectivity index (χ2n) is 8.58. The Bertz CT molecular complexity index is 610. The lowest BCUT2D eigenvalue weighted by Crippen LogP contribution is -2.50. The van der Waals surface area contributed by atoms with E-state index in [9.17, 15) is 4.79 Å². The van der Waals surface area contributed by atoms with Crippen LogP contribution in [0.1, 0.15) is 55.6 Å². The number of amides is 1. The van der Waals surface area contributed by atoms with E-state index in [-0.39, 0.29) is 5.92 Å². The Kier molecular flexibility index (Phi) is 5.37. The van der Waals surface area contributed by atoms with Gasteiger partial charge < -0.3 is 9.73 Å². The van der Waals surface area contributed by atoms with Crippen LogP contribution in [-0.4, -0.2) is 54.0 Å². The maximum Gasteiger partial charge on any atom is 0.224 e. The number of likely N-dealkylation sites (tertiary alicyclic amines) is 2. The summed E-state index contributed by atoms with van der Waals surface area (Å²) < 4.78 is 5.84. The summed E-state index contributed by atoms with van der Waals surface area (Å²) in [4.78, 5) is 17.5. The highest BCUT2D eigenvalue weighted by molar-refractivity contribution is 5.79. The van der Waals surface area contributed by atoms with Crippen molar-refractivity contribution < 1.29 is 9.21 Å². The highest BCUT2D eigenvalue weighted by Crippen LogP contribution is 2.26. The molecule has 2 aliphatic heterocycles. The van der Waals surface area contributed by atoms with Crippen LogP contribution in [-0.2, 0) is 11.3 Å². The third kappa shape index (κ3) is 4.32. The van der Waals surface area contributed by atoms with Crippen molar-refractivity contribution in [2.45, 2.75) is 71.0 Å². The van der Waals surface area contributed by atoms with Gasteiger partial charge in [-0.1, -0.05) is 0 Å². The molecule has 4 rings (SSSR count). The molecule has 2 saturated heterocycles. The van der Waals surface area contributed by atoms with Gasteiger partial charge in [0.25, 0.3) is 0 Å². The molecular weight excluding hydrogens is 326 g/mol. The molecule has 1 amide bonds. The molecular formula is C21H33N3O2. The molecule has 0 aromatic carbocycles. The van der Waals surface area contributed by atoms with Gasteiger partial charge in [-0.25, -0.2) is 0 Å². The van der Waals surface area contributed by atoms with E-state index < -0.39 is 0 Å². The average Bonchev–Trinajstić information content (AvgIpc) is 3.40. The molecule has 26 heavy (non-hydrogen) atoms. The Morgan fingerprint density at radius 2 is 1.92 bits per heavy atom. The van der Waals surface area contributed by atoms with Crippen LogP contribution in [0.4, 0.5) is 0 Å². The first-order valence-electron chi connectivity index (χ1n) is 10.4. The largest absolute Gasteiger partial charge is 0.465 e. The number of carbonyl (C=O) groups is 1. The van der Waals surface area contributed by atoms with Gasteiger partial charge >= 0.3 is 0 Å². The van der Waals surface area contributed by atoms with Crippen molar-refractivity contribution in [2.24, 2.45) is 5.92 Å². The van der Waals surface area contributed by atoms with E-state index in [1.807, 2.05) is 6.92 Å². The lowest BCUT2D eigenvalue weighted by molar-refractivity contribution is -0.127. The van der Waals surface area contributed by atoms with Crippen LogP contribution in [0.25, 0.3) is 0 Å². The van der Waals surface area contributed by atoms with Crippen LogP contribution in [0.3, 0.4) is 0 Å². The van der Waals surface area contributed by atoms with Gasteiger partial charge in [0.2, 0.25) is 5.91 Å². The number of nitrogens with one attached hydrogen (secondary N) is 1. The first kappa shape index (κ1) is 18.1. The summed E-state index contributed by atoms with van der Waals surface area (Å²) in [5, 5.41) is 3.20. The molecule has 1 atom stereocenters. The number of nitrogens with zero attached hydrogens (tertiary/aromatic N) is 2. The summed E-state index contributed by atoms with van der Waals surface area (Å²) in [7, 11) is 0. The van der Waals surface area contributed by atoms with Crippen molar-refractivity contribution in [2.75, 3.05) is 26.2 Å². The van der Waals surface area contributed by atoms with Crippen molar-refractivity contribution in [3.8, 4) is 0 Å². The molecule has 0 radical (unpaired) electrons. The molecule has 1 saturated carbocycles. The maximum atomic E-state index is 12.4. The van der Waals surface area contributed by atoms with Gasteiger partial charge in [-0.15, -0.1) is 0 Å². The minimum atomic E-state index is 0.205. The summed E-state index contributed by atoms with van der Waals surface area (Å²) in [6.07, 6.45) is 6.98. The first-order chi connectivity index (χ1) is 12.6. The number of hydrogen-bond acceptors (Lipinski definition) is 4. The van der Waals surface area contributed by atoms with Crippen molar-refractivity contribution >= 4 is 5.91 Å². The van der Waals surface area contributed by atoms with E-state index in [0.29, 0.717) is 18.0 Å². The topological polar surface area (TPSA) is 48.7 Å². The Morgan fingerprint density at radius 3 is 2.58 bits per heavy atom. The second kappa shape index (κ2) is 7.73. The van der Waals surface area contributed by atoms with E-state index >= 15 is 0 Å². The summed E-state index contributed by atoms with van der Waals surface area (Å²) in [6, 6.07) is 3.30. The minimum Gasteiger partial charge on any atom is -0.465 e. The predicted octanol–water partition coefficient (Wildman–Crippen LogP) is 2.85. The SMILES string of the molecule is Cc1cc(CN2CCC(N3CCC[C@H](C(=O)NC4CC4)C3)CC2)oc1C. The van der Waals surface area contributed by atoms with E-state index in [0.717, 1.165) is 57.1 Å². The fraction of sp³-hybridized carbons (Fsp3) is 0.762. The summed E-state index contributed by atoms with van der Waals surface area (Å²) in [5.74, 6) is 2.64. The molecule has 1 aliphatic carbocycles. The van der Waals surface area contributed by atoms with Gasteiger partial charge in [0.05, 0.1) is 12.5 Å². The van der Waals surface area contributed by atoms with Crippen LogP contribution in [0.5, 0.6) is 0 Å². The van der Waals surface area contributed by atoms with Crippen LogP contribution in [0.15, 0.2) is 10.5 Å². The Morgan fingerprint density at radius 1 is 1.15 bits per heavy atom. The maximum absolute atomic E-state index is 12.4. The molecule has 1 N–H and O–H groups in total. The fourth-order valence-electron chi connectivity index (χ4n) is 4.49. The number of hydrogen-bond donors (Lipinski definition) is 1. The number of carbonyl (C=O) groups excluding carboxylic acids is 1. The lowest BCUT2D eigenvalue weighted by Gasteiger charge is -2.41. The molecule has 5 heteroatoms. The zero-order valence-corrected chi connectivity index (χ0v) is 16.3. The molecule has 0 bridgehead atoms. The van der Waals surface area contributed by atoms with Crippen molar-refractivity contribution in [3.63, 3.8) is 0 Å². The van der Waals surface area contributed by atoms with Crippen molar-refractivity contribution in [1.82, 2.24) is 15.1 Å². The number of rotatable bonds is 5. The second-order valence-corrected chi connectivity index (χ2v) is 8.58. The summed E-state index contributed by atoms with van der Waals surface area (Å²) >= 11 is 0. The predicted molar refractivity (Wildman–Crippen MR) is 102 cm³/mol. The van der Waals surface area contributed by atoms with Gasteiger partial charge in [-0.05, 0) is 70.5 Å². The summed E-state index contributed by atoms with van der Waals surface area (Å²) in [5.41, 5.74) is 1.25. The molecule has 144 valence electrons. The molecule has 0 spiro atoms. The first-order valence-corrected chi connectivity index (χ1v) is 10.4. The highest BCUT2D eigenvalue weighted by Gasteiger charge is 2.33. The van der Waals surface area contributed by atoms with E-state index in [1.165, 1.54) is 31.2 Å². The monoisotopic (exact) mass is 359 g/mol. The number of aryl methyl sites for hydroxylation is 2. The van der Waals surface area contributed by atoms with E-state index in [4.69, 9.17) is 4.42 Å². The number of piperidine rings is 2. The molecule has 3 fully saturated rings. The third-order valence-electron chi connectivity index (χ3n) is 6.42. The van der Waals surface area contributed by atoms with E-state index in [2.05, 4.69) is 28.1 Å². The molecule has 1 aromatic heterocycles. The van der Waals surface area contributed by atoms with Crippen LogP contribution >= 0.6 is 0 Å². The van der Waals surface area contributed by atoms with Gasteiger partial charge in [-0.2, -0.15) is 0 Å². The minimum absolute atomic E-state index is 0.205. The standard InChI is InChI=1S/C21H33N3O2/c1-15-12-20(26-16(15)2)14-23-10-7-19(8-11-23)24-9-3-4-17(13-24)21(25)22-18-5-6-18/h12,17-19H,3-11,13-14H2,1-2H3,(H,22,25)/t17-/m0/s1. The molecule has 3 aliphatic rings. The smallest absolute Gasteiger partial charge is 0.224 e. The average molecular weight is 360 g/mol. The Hall–Kier alpha value is -1.33. The van der Waals surface area contributed by atoms with Gasteiger partial charge in [-0.3, -0.25) is 14.6 Å². The third-order valence-corrected chi connectivity index (χ3v) is 6.42. The van der Waals surface area contributed by atoms with Crippen LogP contribution in [0, 0.1) is 19.8 Å².